The van der Waals surface area contributed by atoms with Crippen LogP contribution < -0.4 is 19.7 Å². The fourth-order valence-corrected chi connectivity index (χ4v) is 3.37. The van der Waals surface area contributed by atoms with Crippen LogP contribution in [0.5, 0.6) is 11.5 Å². The lowest BCUT2D eigenvalue weighted by Gasteiger charge is -2.16. The van der Waals surface area contributed by atoms with Gasteiger partial charge in [0.15, 0.2) is 18.1 Å². The van der Waals surface area contributed by atoms with Gasteiger partial charge in [-0.1, -0.05) is 12.1 Å². The molecule has 2 aromatic rings. The van der Waals surface area contributed by atoms with Crippen molar-refractivity contribution in [1.82, 2.24) is 5.32 Å². The largest absolute Gasteiger partial charge is 0.493 e. The van der Waals surface area contributed by atoms with Gasteiger partial charge in [0.05, 0.1) is 19.8 Å². The predicted octanol–water partition coefficient (Wildman–Crippen LogP) is 2.35. The summed E-state index contributed by atoms with van der Waals surface area (Å²) in [6.07, 6.45) is 1.90. The highest BCUT2D eigenvalue weighted by molar-refractivity contribution is 5.97. The normalized spacial score (nSPS) is 13.1. The van der Waals surface area contributed by atoms with E-state index < -0.39 is 5.97 Å². The maximum Gasteiger partial charge on any atom is 0.338 e. The van der Waals surface area contributed by atoms with E-state index in [0.29, 0.717) is 48.7 Å². The van der Waals surface area contributed by atoms with Crippen LogP contribution in [0.3, 0.4) is 0 Å². The molecule has 3 rings (SSSR count). The number of rotatable bonds is 9. The van der Waals surface area contributed by atoms with E-state index in [1.54, 1.807) is 43.4 Å². The Labute approximate surface area is 181 Å². The molecule has 164 valence electrons. The minimum absolute atomic E-state index is 0.0411. The molecular formula is C23H26N2O6. The van der Waals surface area contributed by atoms with Crippen molar-refractivity contribution >= 4 is 23.5 Å². The third-order valence-electron chi connectivity index (χ3n) is 4.99. The van der Waals surface area contributed by atoms with Crippen molar-refractivity contribution in [2.24, 2.45) is 0 Å². The number of carbonyl (C=O) groups is 3. The number of ether oxygens (including phenoxy) is 3. The molecule has 0 radical (unpaired) electrons. The number of benzene rings is 2. The number of methoxy groups -OCH3 is 2. The zero-order valence-corrected chi connectivity index (χ0v) is 17.7. The van der Waals surface area contributed by atoms with Crippen LogP contribution in [0, 0.1) is 0 Å². The Morgan fingerprint density at radius 3 is 2.58 bits per heavy atom. The second-order valence-corrected chi connectivity index (χ2v) is 7.06. The zero-order chi connectivity index (χ0) is 22.2. The minimum Gasteiger partial charge on any atom is -0.493 e. The Kier molecular flexibility index (Phi) is 7.48. The van der Waals surface area contributed by atoms with Crippen molar-refractivity contribution in [2.45, 2.75) is 19.3 Å². The van der Waals surface area contributed by atoms with E-state index >= 15 is 0 Å². The summed E-state index contributed by atoms with van der Waals surface area (Å²) >= 11 is 0. The third-order valence-corrected chi connectivity index (χ3v) is 4.99. The van der Waals surface area contributed by atoms with Gasteiger partial charge in [-0.05, 0) is 48.7 Å². The SMILES string of the molecule is COc1ccc(CCNC(=O)COC(=O)c2cccc(N3CCCC3=O)c2)cc1OC. The standard InChI is InChI=1S/C23H26N2O6/c1-29-19-9-8-16(13-20(19)30-2)10-11-24-21(26)15-31-23(28)17-5-3-6-18(14-17)25-12-4-7-22(25)27/h3,5-6,8-9,13-14H,4,7,10-12,15H2,1-2H3,(H,24,26). The quantitative estimate of drug-likeness (QED) is 0.619. The molecule has 0 spiro atoms. The van der Waals surface area contributed by atoms with E-state index in [1.165, 1.54) is 0 Å². The van der Waals surface area contributed by atoms with Crippen LogP contribution in [0.25, 0.3) is 0 Å². The van der Waals surface area contributed by atoms with Gasteiger partial charge in [-0.25, -0.2) is 4.79 Å². The van der Waals surface area contributed by atoms with Crippen LogP contribution in [-0.4, -0.2) is 51.7 Å². The molecule has 2 amide bonds. The monoisotopic (exact) mass is 426 g/mol. The number of carbonyl (C=O) groups excluding carboxylic acids is 3. The summed E-state index contributed by atoms with van der Waals surface area (Å²) in [5.41, 5.74) is 1.94. The molecule has 2 aromatic carbocycles. The van der Waals surface area contributed by atoms with Crippen LogP contribution in [0.2, 0.25) is 0 Å². The van der Waals surface area contributed by atoms with Crippen LogP contribution in [-0.2, 0) is 20.7 Å². The molecule has 0 aliphatic carbocycles. The molecular weight excluding hydrogens is 400 g/mol. The molecule has 1 aliphatic heterocycles. The van der Waals surface area contributed by atoms with Crippen LogP contribution in [0.15, 0.2) is 42.5 Å². The fraction of sp³-hybridized carbons (Fsp3) is 0.348. The molecule has 8 nitrogen and oxygen atoms in total. The van der Waals surface area contributed by atoms with E-state index in [9.17, 15) is 14.4 Å². The van der Waals surface area contributed by atoms with Gasteiger partial charge in [-0.15, -0.1) is 0 Å². The fourth-order valence-electron chi connectivity index (χ4n) is 3.37. The number of hydrogen-bond donors (Lipinski definition) is 1. The van der Waals surface area contributed by atoms with Crippen LogP contribution in [0.1, 0.15) is 28.8 Å². The van der Waals surface area contributed by atoms with E-state index in [1.807, 2.05) is 18.2 Å². The highest BCUT2D eigenvalue weighted by Crippen LogP contribution is 2.27. The maximum atomic E-state index is 12.3. The molecule has 31 heavy (non-hydrogen) atoms. The van der Waals surface area contributed by atoms with E-state index in [-0.39, 0.29) is 18.4 Å². The van der Waals surface area contributed by atoms with E-state index in [2.05, 4.69) is 5.32 Å². The molecule has 1 fully saturated rings. The van der Waals surface area contributed by atoms with Gasteiger partial charge >= 0.3 is 5.97 Å². The van der Waals surface area contributed by atoms with Gasteiger partial charge in [0.2, 0.25) is 5.91 Å². The summed E-state index contributed by atoms with van der Waals surface area (Å²) in [6, 6.07) is 12.2. The number of nitrogens with one attached hydrogen (secondary N) is 1. The Morgan fingerprint density at radius 2 is 1.87 bits per heavy atom. The Hall–Kier alpha value is -3.55. The van der Waals surface area contributed by atoms with E-state index in [0.717, 1.165) is 12.0 Å². The van der Waals surface area contributed by atoms with Crippen molar-refractivity contribution in [3.63, 3.8) is 0 Å². The molecule has 1 saturated heterocycles. The summed E-state index contributed by atoms with van der Waals surface area (Å²) in [6.45, 7) is 0.649. The molecule has 8 heteroatoms. The van der Waals surface area contributed by atoms with Gasteiger partial charge in [0, 0.05) is 25.2 Å². The second kappa shape index (κ2) is 10.5. The first-order valence-electron chi connectivity index (χ1n) is 10.1. The van der Waals surface area contributed by atoms with Gasteiger partial charge in [0.25, 0.3) is 5.91 Å². The predicted molar refractivity (Wildman–Crippen MR) is 115 cm³/mol. The van der Waals surface area contributed by atoms with Crippen molar-refractivity contribution in [3.05, 3.63) is 53.6 Å². The highest BCUT2D eigenvalue weighted by Gasteiger charge is 2.22. The number of nitrogens with zero attached hydrogens (tertiary/aromatic N) is 1. The lowest BCUT2D eigenvalue weighted by molar-refractivity contribution is -0.124. The van der Waals surface area contributed by atoms with Crippen molar-refractivity contribution < 1.29 is 28.6 Å². The topological polar surface area (TPSA) is 94.2 Å². The molecule has 0 saturated carbocycles. The number of hydrogen-bond acceptors (Lipinski definition) is 6. The second-order valence-electron chi connectivity index (χ2n) is 7.06. The van der Waals surface area contributed by atoms with Crippen molar-refractivity contribution in [1.29, 1.82) is 0 Å². The smallest absolute Gasteiger partial charge is 0.338 e. The maximum absolute atomic E-state index is 12.3. The van der Waals surface area contributed by atoms with Crippen molar-refractivity contribution in [3.8, 4) is 11.5 Å². The Balaban J connectivity index is 1.45. The summed E-state index contributed by atoms with van der Waals surface area (Å²) in [4.78, 5) is 37.9. The lowest BCUT2D eigenvalue weighted by atomic mass is 10.1. The summed E-state index contributed by atoms with van der Waals surface area (Å²) in [5.74, 6) is 0.307. The average molecular weight is 426 g/mol. The Morgan fingerprint density at radius 1 is 1.06 bits per heavy atom. The molecule has 0 aromatic heterocycles. The van der Waals surface area contributed by atoms with Gasteiger partial charge in [0.1, 0.15) is 0 Å². The molecule has 1 N–H and O–H groups in total. The average Bonchev–Trinajstić information content (AvgIpc) is 3.23. The molecule has 0 unspecified atom stereocenters. The number of anilines is 1. The molecule has 0 bridgehead atoms. The minimum atomic E-state index is -0.608. The molecule has 1 heterocycles. The van der Waals surface area contributed by atoms with Gasteiger partial charge in [-0.3, -0.25) is 9.59 Å². The summed E-state index contributed by atoms with van der Waals surface area (Å²) in [7, 11) is 3.14. The highest BCUT2D eigenvalue weighted by atomic mass is 16.5. The first-order chi connectivity index (χ1) is 15.0. The Bertz CT molecular complexity index is 959. The van der Waals surface area contributed by atoms with Gasteiger partial charge < -0.3 is 24.4 Å². The van der Waals surface area contributed by atoms with Gasteiger partial charge in [-0.2, -0.15) is 0 Å². The first-order valence-corrected chi connectivity index (χ1v) is 10.1. The first kappa shape index (κ1) is 22.1. The lowest BCUT2D eigenvalue weighted by Crippen LogP contribution is -2.30. The van der Waals surface area contributed by atoms with Crippen LogP contribution >= 0.6 is 0 Å². The third kappa shape index (κ3) is 5.75. The zero-order valence-electron chi connectivity index (χ0n) is 17.7. The van der Waals surface area contributed by atoms with Crippen LogP contribution in [0.4, 0.5) is 5.69 Å². The summed E-state index contributed by atoms with van der Waals surface area (Å²) < 4.78 is 15.6. The molecule has 1 aliphatic rings. The van der Waals surface area contributed by atoms with E-state index in [4.69, 9.17) is 14.2 Å². The number of esters is 1. The molecule has 0 atom stereocenters. The number of amides is 2. The summed E-state index contributed by atoms with van der Waals surface area (Å²) in [5, 5.41) is 2.72. The van der Waals surface area contributed by atoms with Crippen molar-refractivity contribution in [2.75, 3.05) is 38.8 Å².